The molecule has 3 aromatic rings. The molecule has 26 heavy (non-hydrogen) atoms. The number of hydrogen-bond acceptors (Lipinski definition) is 4. The van der Waals surface area contributed by atoms with Crippen LogP contribution in [-0.2, 0) is 10.0 Å². The Morgan fingerprint density at radius 3 is 2.42 bits per heavy atom. The Morgan fingerprint density at radius 1 is 1.15 bits per heavy atom. The minimum absolute atomic E-state index is 0.104. The second kappa shape index (κ2) is 7.34. The number of nitrogens with zero attached hydrogens (tertiary/aromatic N) is 2. The predicted molar refractivity (Wildman–Crippen MR) is 108 cm³/mol. The van der Waals surface area contributed by atoms with Gasteiger partial charge in [-0.3, -0.25) is 4.90 Å². The number of fused-ring (bicyclic) bond motifs is 1. The van der Waals surface area contributed by atoms with Crippen LogP contribution >= 0.6 is 27.7 Å². The molecule has 0 saturated carbocycles. The van der Waals surface area contributed by atoms with Crippen molar-refractivity contribution in [3.05, 3.63) is 59.0 Å². The smallest absolute Gasteiger partial charge is 0.268 e. The Labute approximate surface area is 165 Å². The van der Waals surface area contributed by atoms with Gasteiger partial charge in [-0.1, -0.05) is 15.9 Å². The normalized spacial score (nSPS) is 13.5. The van der Waals surface area contributed by atoms with Crippen LogP contribution in [0, 0.1) is 5.82 Å². The fourth-order valence-electron chi connectivity index (χ4n) is 2.45. The van der Waals surface area contributed by atoms with E-state index in [-0.39, 0.29) is 10.3 Å². The summed E-state index contributed by atoms with van der Waals surface area (Å²) >= 11 is 4.80. The van der Waals surface area contributed by atoms with E-state index >= 15 is 0 Å². The average Bonchev–Trinajstić information content (AvgIpc) is 2.93. The molecular formula is C18H18BrFN2O2S2. The second-order valence-corrected chi connectivity index (χ2v) is 10.2. The molecule has 1 heterocycles. The molecule has 0 aliphatic heterocycles. The van der Waals surface area contributed by atoms with E-state index < -0.39 is 15.8 Å². The van der Waals surface area contributed by atoms with Gasteiger partial charge in [-0.2, -0.15) is 0 Å². The maximum Gasteiger partial charge on any atom is 0.268 e. The summed E-state index contributed by atoms with van der Waals surface area (Å²) in [5, 5.41) is 0.692. The number of halogens is 2. The van der Waals surface area contributed by atoms with Crippen molar-refractivity contribution in [1.29, 1.82) is 0 Å². The zero-order valence-electron chi connectivity index (χ0n) is 14.5. The molecule has 1 atom stereocenters. The van der Waals surface area contributed by atoms with Crippen molar-refractivity contribution in [3.8, 4) is 0 Å². The number of hydrogen-bond donors (Lipinski definition) is 0. The van der Waals surface area contributed by atoms with Gasteiger partial charge in [0.2, 0.25) is 0 Å². The Balaban J connectivity index is 2.18. The van der Waals surface area contributed by atoms with Crippen LogP contribution in [0.25, 0.3) is 10.9 Å². The number of aromatic nitrogens is 1. The van der Waals surface area contributed by atoms with E-state index in [1.54, 1.807) is 30.5 Å². The second-order valence-electron chi connectivity index (χ2n) is 6.09. The molecule has 2 aromatic carbocycles. The first-order chi connectivity index (χ1) is 12.2. The summed E-state index contributed by atoms with van der Waals surface area (Å²) in [4.78, 5) is 2.91. The molecule has 1 aromatic heterocycles. The molecule has 0 bridgehead atoms. The monoisotopic (exact) mass is 456 g/mol. The van der Waals surface area contributed by atoms with Crippen molar-refractivity contribution in [2.45, 2.75) is 22.1 Å². The van der Waals surface area contributed by atoms with Crippen LogP contribution in [0.4, 0.5) is 4.39 Å². The Kier molecular flexibility index (Phi) is 5.48. The quantitative estimate of drug-likeness (QED) is 0.409. The Hall–Kier alpha value is -1.35. The third-order valence-electron chi connectivity index (χ3n) is 4.09. The molecular weight excluding hydrogens is 439 g/mol. The summed E-state index contributed by atoms with van der Waals surface area (Å²) in [6.45, 7) is 2.01. The Morgan fingerprint density at radius 2 is 1.81 bits per heavy atom. The minimum Gasteiger partial charge on any atom is -0.298 e. The molecule has 0 amide bonds. The van der Waals surface area contributed by atoms with Gasteiger partial charge < -0.3 is 0 Å². The van der Waals surface area contributed by atoms with Crippen LogP contribution in [0.1, 0.15) is 6.92 Å². The predicted octanol–water partition coefficient (Wildman–Crippen LogP) is 4.78. The molecule has 138 valence electrons. The largest absolute Gasteiger partial charge is 0.298 e. The zero-order chi connectivity index (χ0) is 19.1. The van der Waals surface area contributed by atoms with E-state index in [0.29, 0.717) is 10.9 Å². The lowest BCUT2D eigenvalue weighted by Gasteiger charge is -2.18. The summed E-state index contributed by atoms with van der Waals surface area (Å²) in [6.07, 6.45) is 1.58. The highest BCUT2D eigenvalue weighted by Gasteiger charge is 2.23. The lowest BCUT2D eigenvalue weighted by molar-refractivity contribution is 0.402. The first-order valence-electron chi connectivity index (χ1n) is 7.85. The first-order valence-corrected chi connectivity index (χ1v) is 11.0. The van der Waals surface area contributed by atoms with E-state index in [1.165, 1.54) is 33.9 Å². The van der Waals surface area contributed by atoms with Crippen LogP contribution in [0.2, 0.25) is 0 Å². The first kappa shape index (κ1) is 19.4. The third kappa shape index (κ3) is 3.69. The zero-order valence-corrected chi connectivity index (χ0v) is 17.7. The van der Waals surface area contributed by atoms with Crippen molar-refractivity contribution in [3.63, 3.8) is 0 Å². The summed E-state index contributed by atoms with van der Waals surface area (Å²) in [6, 6.07) is 10.6. The van der Waals surface area contributed by atoms with Crippen molar-refractivity contribution < 1.29 is 12.8 Å². The van der Waals surface area contributed by atoms with E-state index in [2.05, 4.69) is 15.9 Å². The van der Waals surface area contributed by atoms with Crippen molar-refractivity contribution in [2.75, 3.05) is 14.1 Å². The molecule has 0 fully saturated rings. The van der Waals surface area contributed by atoms with Gasteiger partial charge in [0.15, 0.2) is 0 Å². The summed E-state index contributed by atoms with van der Waals surface area (Å²) < 4.78 is 42.1. The summed E-state index contributed by atoms with van der Waals surface area (Å²) in [7, 11) is 0.0970. The van der Waals surface area contributed by atoms with Crippen LogP contribution in [-0.4, -0.2) is 36.8 Å². The average molecular weight is 457 g/mol. The highest BCUT2D eigenvalue weighted by molar-refractivity contribution is 9.10. The molecule has 1 unspecified atom stereocenters. The van der Waals surface area contributed by atoms with Gasteiger partial charge >= 0.3 is 0 Å². The van der Waals surface area contributed by atoms with Crippen LogP contribution in [0.3, 0.4) is 0 Å². The summed E-state index contributed by atoms with van der Waals surface area (Å²) in [5.41, 5.74) is 0.461. The fourth-order valence-corrected chi connectivity index (χ4v) is 5.18. The molecule has 0 radical (unpaired) electrons. The third-order valence-corrected chi connectivity index (χ3v) is 7.65. The number of rotatable bonds is 5. The van der Waals surface area contributed by atoms with Crippen molar-refractivity contribution in [1.82, 2.24) is 8.87 Å². The highest BCUT2D eigenvalue weighted by atomic mass is 79.9. The molecule has 0 N–H and O–H groups in total. The van der Waals surface area contributed by atoms with Gasteiger partial charge in [-0.05, 0) is 63.5 Å². The molecule has 3 rings (SSSR count). The van der Waals surface area contributed by atoms with Crippen LogP contribution in [0.15, 0.2) is 62.9 Å². The molecule has 0 aliphatic carbocycles. The van der Waals surface area contributed by atoms with Gasteiger partial charge in [0.1, 0.15) is 5.82 Å². The van der Waals surface area contributed by atoms with Gasteiger partial charge in [0, 0.05) is 21.0 Å². The van der Waals surface area contributed by atoms with E-state index in [1.807, 2.05) is 25.9 Å². The van der Waals surface area contributed by atoms with Gasteiger partial charge in [0.05, 0.1) is 15.8 Å². The summed E-state index contributed by atoms with van der Waals surface area (Å²) in [5.74, 6) is -0.393. The lowest BCUT2D eigenvalue weighted by atomic mass is 10.2. The van der Waals surface area contributed by atoms with Crippen LogP contribution < -0.4 is 0 Å². The molecule has 0 aliphatic rings. The number of benzene rings is 2. The van der Waals surface area contributed by atoms with E-state index in [9.17, 15) is 12.8 Å². The fraction of sp³-hybridized carbons (Fsp3) is 0.222. The van der Waals surface area contributed by atoms with Gasteiger partial charge in [-0.25, -0.2) is 16.8 Å². The molecule has 0 saturated heterocycles. The molecule has 4 nitrogen and oxygen atoms in total. The van der Waals surface area contributed by atoms with Crippen molar-refractivity contribution >= 4 is 48.6 Å². The lowest BCUT2D eigenvalue weighted by Crippen LogP contribution is -2.20. The molecule has 8 heteroatoms. The maximum atomic E-state index is 13.8. The SMILES string of the molecule is CC(Sc1cn(S(=O)(=O)c2ccc(Br)cc2)c2ccc(F)cc12)N(C)C. The number of thioether (sulfide) groups is 1. The topological polar surface area (TPSA) is 42.3 Å². The van der Waals surface area contributed by atoms with Crippen LogP contribution in [0.5, 0.6) is 0 Å². The highest BCUT2D eigenvalue weighted by Crippen LogP contribution is 2.35. The minimum atomic E-state index is -3.78. The Bertz CT molecular complexity index is 1050. The van der Waals surface area contributed by atoms with E-state index in [4.69, 9.17) is 0 Å². The maximum absolute atomic E-state index is 13.8. The standard InChI is InChI=1S/C18H18BrFN2O2S2/c1-12(21(2)3)25-18-11-22(17-9-6-14(20)10-16(17)18)26(23,24)15-7-4-13(19)5-8-15/h4-12H,1-3H3. The van der Waals surface area contributed by atoms with Gasteiger partial charge in [0.25, 0.3) is 10.0 Å². The van der Waals surface area contributed by atoms with Gasteiger partial charge in [-0.15, -0.1) is 11.8 Å². The van der Waals surface area contributed by atoms with E-state index in [0.717, 1.165) is 9.37 Å². The molecule has 0 spiro atoms. The van der Waals surface area contributed by atoms with Crippen molar-refractivity contribution in [2.24, 2.45) is 0 Å².